The molecule has 122 valence electrons. The first-order valence-electron chi connectivity index (χ1n) is 7.79. The van der Waals surface area contributed by atoms with Gasteiger partial charge in [-0.15, -0.1) is 5.10 Å². The van der Waals surface area contributed by atoms with Gasteiger partial charge in [0.05, 0.1) is 5.36 Å². The molecule has 0 saturated heterocycles. The Hall–Kier alpha value is -2.12. The van der Waals surface area contributed by atoms with Crippen LogP contribution >= 0.6 is 23.1 Å². The quantitative estimate of drug-likeness (QED) is 0.916. The first kappa shape index (κ1) is 15.4. The van der Waals surface area contributed by atoms with Crippen LogP contribution in [0.1, 0.15) is 25.1 Å². The fraction of sp³-hybridized carbons (Fsp3) is 0.235. The number of hydrogen-bond acceptors (Lipinski definition) is 6. The number of carbonyl (C=O) groups excluding carboxylic acids is 1. The van der Waals surface area contributed by atoms with Gasteiger partial charge >= 0.3 is 0 Å². The van der Waals surface area contributed by atoms with Crippen LogP contribution in [0.2, 0.25) is 0 Å². The predicted molar refractivity (Wildman–Crippen MR) is 97.9 cm³/mol. The van der Waals surface area contributed by atoms with Crippen molar-refractivity contribution < 1.29 is 4.79 Å². The lowest BCUT2D eigenvalue weighted by atomic mass is 10.1. The number of nitrogens with zero attached hydrogens (tertiary/aromatic N) is 3. The maximum atomic E-state index is 12.8. The second-order valence-electron chi connectivity index (χ2n) is 5.48. The molecule has 1 atom stereocenters. The molecule has 1 amide bonds. The van der Waals surface area contributed by atoms with Gasteiger partial charge in [-0.25, -0.2) is 5.01 Å². The van der Waals surface area contributed by atoms with E-state index in [1.54, 1.807) is 28.1 Å². The molecular formula is C17H16N4OS2. The topological polar surface area (TPSA) is 57.1 Å². The van der Waals surface area contributed by atoms with Crippen molar-refractivity contribution in [3.05, 3.63) is 57.2 Å². The van der Waals surface area contributed by atoms with Crippen molar-refractivity contribution in [1.82, 2.24) is 10.3 Å². The lowest BCUT2D eigenvalue weighted by Gasteiger charge is -2.33. The number of fused-ring (bicyclic) bond motifs is 2. The first-order chi connectivity index (χ1) is 11.8. The highest BCUT2D eigenvalue weighted by Gasteiger charge is 2.34. The van der Waals surface area contributed by atoms with Crippen LogP contribution in [-0.2, 0) is 4.79 Å². The number of hydrogen-bond donors (Lipinski definition) is 1. The SMILES string of the molecule is CCCSC1=NN2C(=c3ccccc3=N[C@@H]2c2ccsc2)C(=O)N1. The summed E-state index contributed by atoms with van der Waals surface area (Å²) in [7, 11) is 0. The standard InChI is InChI=1S/C17H16N4OS2/c1-2-8-24-17-19-16(22)14-12-5-3-4-6-13(12)18-15(21(14)20-17)11-7-9-23-10-11/h3-7,9-10,15H,2,8H2,1H3,(H,19,20,22)/t15-/m0/s1. The van der Waals surface area contributed by atoms with Crippen LogP contribution in [0.5, 0.6) is 0 Å². The van der Waals surface area contributed by atoms with Crippen molar-refractivity contribution >= 4 is 39.9 Å². The largest absolute Gasteiger partial charge is 0.298 e. The predicted octanol–water partition coefficient (Wildman–Crippen LogP) is 2.03. The minimum Gasteiger partial charge on any atom is -0.298 e. The molecule has 0 spiro atoms. The Labute approximate surface area is 147 Å². The van der Waals surface area contributed by atoms with Crippen molar-refractivity contribution in [2.45, 2.75) is 19.5 Å². The second-order valence-corrected chi connectivity index (χ2v) is 7.34. The Bertz CT molecular complexity index is 920. The molecule has 0 bridgehead atoms. The van der Waals surface area contributed by atoms with Gasteiger partial charge in [0.15, 0.2) is 11.3 Å². The normalized spacial score (nSPS) is 19.1. The number of benzene rings is 1. The van der Waals surface area contributed by atoms with E-state index in [9.17, 15) is 4.79 Å². The smallest absolute Gasteiger partial charge is 0.276 e. The highest BCUT2D eigenvalue weighted by molar-refractivity contribution is 8.13. The number of para-hydroxylation sites is 1. The van der Waals surface area contributed by atoms with Crippen molar-refractivity contribution in [2.24, 2.45) is 10.1 Å². The van der Waals surface area contributed by atoms with Crippen LogP contribution in [-0.4, -0.2) is 21.8 Å². The number of nitrogens with one attached hydrogen (secondary N) is 1. The molecule has 2 aliphatic rings. The molecule has 24 heavy (non-hydrogen) atoms. The Morgan fingerprint density at radius 1 is 1.33 bits per heavy atom. The van der Waals surface area contributed by atoms with Crippen molar-refractivity contribution in [1.29, 1.82) is 0 Å². The fourth-order valence-corrected chi connectivity index (χ4v) is 4.11. The fourth-order valence-electron chi connectivity index (χ4n) is 2.73. The molecule has 0 saturated carbocycles. The number of amides is 1. The summed E-state index contributed by atoms with van der Waals surface area (Å²) >= 11 is 3.18. The van der Waals surface area contributed by atoms with E-state index in [2.05, 4.69) is 22.7 Å². The lowest BCUT2D eigenvalue weighted by Crippen LogP contribution is -2.50. The minimum absolute atomic E-state index is 0.119. The Balaban J connectivity index is 1.89. The maximum Gasteiger partial charge on any atom is 0.276 e. The van der Waals surface area contributed by atoms with Crippen molar-refractivity contribution in [3.63, 3.8) is 0 Å². The summed E-state index contributed by atoms with van der Waals surface area (Å²) < 4.78 is 0. The molecule has 3 heterocycles. The minimum atomic E-state index is -0.301. The molecule has 1 aromatic heterocycles. The molecule has 2 aromatic rings. The highest BCUT2D eigenvalue weighted by Crippen LogP contribution is 2.31. The summed E-state index contributed by atoms with van der Waals surface area (Å²) in [5.74, 6) is 0.797. The van der Waals surface area contributed by atoms with Crippen LogP contribution in [0.3, 0.4) is 0 Å². The van der Waals surface area contributed by atoms with Gasteiger partial charge in [0, 0.05) is 16.5 Å². The molecule has 0 unspecified atom stereocenters. The van der Waals surface area contributed by atoms with Gasteiger partial charge < -0.3 is 0 Å². The molecular weight excluding hydrogens is 340 g/mol. The van der Waals surface area contributed by atoms with Crippen LogP contribution in [0.15, 0.2) is 51.2 Å². The van der Waals surface area contributed by atoms with E-state index >= 15 is 0 Å². The van der Waals surface area contributed by atoms with Gasteiger partial charge in [0.25, 0.3) is 5.91 Å². The molecule has 1 aromatic carbocycles. The summed E-state index contributed by atoms with van der Waals surface area (Å²) in [5.41, 5.74) is 1.61. The zero-order chi connectivity index (χ0) is 16.5. The third kappa shape index (κ3) is 2.63. The molecule has 0 fully saturated rings. The molecule has 0 radical (unpaired) electrons. The monoisotopic (exact) mass is 356 g/mol. The zero-order valence-corrected chi connectivity index (χ0v) is 14.7. The molecule has 2 aliphatic heterocycles. The van der Waals surface area contributed by atoms with E-state index in [1.807, 2.05) is 35.7 Å². The maximum absolute atomic E-state index is 12.8. The second kappa shape index (κ2) is 6.41. The van der Waals surface area contributed by atoms with Crippen LogP contribution < -0.4 is 15.9 Å². The van der Waals surface area contributed by atoms with E-state index in [1.165, 1.54) is 0 Å². The Morgan fingerprint density at radius 2 is 2.21 bits per heavy atom. The number of hydrazone groups is 1. The third-order valence-corrected chi connectivity index (χ3v) is 5.57. The molecule has 5 nitrogen and oxygen atoms in total. The third-order valence-electron chi connectivity index (χ3n) is 3.80. The van der Waals surface area contributed by atoms with E-state index in [0.29, 0.717) is 10.9 Å². The summed E-state index contributed by atoms with van der Waals surface area (Å²) in [4.78, 5) is 17.6. The van der Waals surface area contributed by atoms with E-state index in [-0.39, 0.29) is 12.1 Å². The lowest BCUT2D eigenvalue weighted by molar-refractivity contribution is -0.116. The van der Waals surface area contributed by atoms with Crippen molar-refractivity contribution in [3.8, 4) is 0 Å². The number of amidine groups is 1. The highest BCUT2D eigenvalue weighted by atomic mass is 32.2. The summed E-state index contributed by atoms with van der Waals surface area (Å²) in [6, 6.07) is 9.76. The van der Waals surface area contributed by atoms with Gasteiger partial charge in [-0.3, -0.25) is 15.1 Å². The molecule has 7 heteroatoms. The summed E-state index contributed by atoms with van der Waals surface area (Å²) in [6.45, 7) is 2.11. The molecule has 0 aliphatic carbocycles. The van der Waals surface area contributed by atoms with Gasteiger partial charge in [-0.1, -0.05) is 36.9 Å². The van der Waals surface area contributed by atoms with Crippen LogP contribution in [0.25, 0.3) is 5.70 Å². The van der Waals surface area contributed by atoms with E-state index in [4.69, 9.17) is 4.99 Å². The van der Waals surface area contributed by atoms with Crippen molar-refractivity contribution in [2.75, 3.05) is 5.75 Å². The van der Waals surface area contributed by atoms with E-state index < -0.39 is 0 Å². The first-order valence-corrected chi connectivity index (χ1v) is 9.72. The van der Waals surface area contributed by atoms with Crippen LogP contribution in [0, 0.1) is 0 Å². The summed E-state index contributed by atoms with van der Waals surface area (Å²) in [6.07, 6.45) is 0.724. The Morgan fingerprint density at radius 3 is 3.00 bits per heavy atom. The summed E-state index contributed by atoms with van der Waals surface area (Å²) in [5, 5.41) is 15.7. The van der Waals surface area contributed by atoms with E-state index in [0.717, 1.165) is 28.3 Å². The van der Waals surface area contributed by atoms with Crippen LogP contribution in [0.4, 0.5) is 0 Å². The van der Waals surface area contributed by atoms with Gasteiger partial charge in [0.1, 0.15) is 5.70 Å². The number of carbonyl (C=O) groups is 1. The van der Waals surface area contributed by atoms with Gasteiger partial charge in [-0.2, -0.15) is 11.3 Å². The van der Waals surface area contributed by atoms with Gasteiger partial charge in [0.2, 0.25) is 0 Å². The Kier molecular flexibility index (Phi) is 4.12. The molecule has 4 rings (SSSR count). The van der Waals surface area contributed by atoms with Gasteiger partial charge in [-0.05, 0) is 29.3 Å². The number of rotatable bonds is 3. The zero-order valence-electron chi connectivity index (χ0n) is 13.1. The number of thiophene rings is 1. The number of thioether (sulfide) groups is 1. The average molecular weight is 356 g/mol. The molecule has 1 N–H and O–H groups in total. The average Bonchev–Trinajstić information content (AvgIpc) is 3.13.